The number of aryl methyl sites for hydroxylation is 2. The lowest BCUT2D eigenvalue weighted by atomic mass is 9.95. The molecule has 140 valence electrons. The van der Waals surface area contributed by atoms with Gasteiger partial charge in [0, 0.05) is 52.2 Å². The van der Waals surface area contributed by atoms with Crippen LogP contribution in [-0.2, 0) is 12.8 Å². The number of rotatable bonds is 3. The molecule has 2 aromatic heterocycles. The van der Waals surface area contributed by atoms with E-state index in [0.29, 0.717) is 5.56 Å². The second-order valence-corrected chi connectivity index (χ2v) is 7.37. The molecule has 0 N–H and O–H groups in total. The summed E-state index contributed by atoms with van der Waals surface area (Å²) >= 11 is 0. The van der Waals surface area contributed by atoms with Crippen molar-refractivity contribution < 1.29 is 0 Å². The Bertz CT molecular complexity index is 863. The van der Waals surface area contributed by atoms with Crippen molar-refractivity contribution in [2.75, 3.05) is 55.0 Å². The Labute approximate surface area is 160 Å². The molecule has 0 bridgehead atoms. The normalized spacial score (nSPS) is 16.6. The quantitative estimate of drug-likeness (QED) is 0.826. The van der Waals surface area contributed by atoms with Crippen LogP contribution in [0.1, 0.15) is 29.7 Å². The molecule has 0 spiro atoms. The molecule has 0 saturated carbocycles. The number of pyridine rings is 1. The predicted octanol–water partition coefficient (Wildman–Crippen LogP) is 2.01. The second-order valence-electron chi connectivity index (χ2n) is 7.37. The smallest absolute Gasteiger partial charge is 0.226 e. The van der Waals surface area contributed by atoms with Crippen molar-refractivity contribution in [1.82, 2.24) is 15.0 Å². The van der Waals surface area contributed by atoms with Gasteiger partial charge in [0.1, 0.15) is 17.7 Å². The molecule has 7 heteroatoms. The van der Waals surface area contributed by atoms with Gasteiger partial charge >= 0.3 is 0 Å². The molecular formula is C20H25N7. The van der Waals surface area contributed by atoms with Gasteiger partial charge in [0.05, 0.1) is 5.56 Å². The van der Waals surface area contributed by atoms with Crippen molar-refractivity contribution in [2.24, 2.45) is 0 Å². The Kier molecular flexibility index (Phi) is 4.80. The lowest BCUT2D eigenvalue weighted by Crippen LogP contribution is -2.47. The molecule has 2 aromatic rings. The summed E-state index contributed by atoms with van der Waals surface area (Å²) in [4.78, 5) is 20.3. The van der Waals surface area contributed by atoms with Crippen molar-refractivity contribution >= 4 is 17.6 Å². The molecule has 1 aliphatic carbocycles. The van der Waals surface area contributed by atoms with E-state index in [2.05, 4.69) is 31.9 Å². The second kappa shape index (κ2) is 7.39. The third-order valence-electron chi connectivity index (χ3n) is 5.33. The summed E-state index contributed by atoms with van der Waals surface area (Å²) in [5.74, 6) is 2.53. The van der Waals surface area contributed by atoms with Crippen LogP contribution in [0.5, 0.6) is 0 Å². The van der Waals surface area contributed by atoms with Crippen LogP contribution >= 0.6 is 0 Å². The minimum absolute atomic E-state index is 0.709. The van der Waals surface area contributed by atoms with Crippen LogP contribution in [0.15, 0.2) is 18.3 Å². The van der Waals surface area contributed by atoms with Gasteiger partial charge in [-0.05, 0) is 43.4 Å². The highest BCUT2D eigenvalue weighted by Gasteiger charge is 2.24. The van der Waals surface area contributed by atoms with Gasteiger partial charge in [-0.1, -0.05) is 0 Å². The van der Waals surface area contributed by atoms with Gasteiger partial charge in [-0.3, -0.25) is 0 Å². The number of hydrogen-bond donors (Lipinski definition) is 0. The average Bonchev–Trinajstić information content (AvgIpc) is 2.73. The van der Waals surface area contributed by atoms with E-state index in [1.165, 1.54) is 24.1 Å². The van der Waals surface area contributed by atoms with E-state index in [-0.39, 0.29) is 0 Å². The van der Waals surface area contributed by atoms with E-state index in [1.54, 1.807) is 0 Å². The first-order valence-electron chi connectivity index (χ1n) is 9.59. The molecule has 0 unspecified atom stereocenters. The third kappa shape index (κ3) is 3.52. The van der Waals surface area contributed by atoms with Gasteiger partial charge in [-0.2, -0.15) is 10.2 Å². The highest BCUT2D eigenvalue weighted by molar-refractivity contribution is 5.58. The third-order valence-corrected chi connectivity index (χ3v) is 5.33. The van der Waals surface area contributed by atoms with Gasteiger partial charge in [0.25, 0.3) is 0 Å². The summed E-state index contributed by atoms with van der Waals surface area (Å²) in [5, 5.41) is 9.61. The standard InChI is InChI=1S/C20H25N7/c1-25(2)20-22-8-7-18(24-20)26-9-11-27(12-10-26)19-16(14-21)13-15-5-3-4-6-17(15)23-19/h7-8,13H,3-6,9-12H2,1-2H3. The molecule has 4 rings (SSSR count). The fourth-order valence-electron chi connectivity index (χ4n) is 3.82. The molecule has 27 heavy (non-hydrogen) atoms. The van der Waals surface area contributed by atoms with Crippen LogP contribution in [-0.4, -0.2) is 55.2 Å². The van der Waals surface area contributed by atoms with Crippen molar-refractivity contribution in [3.63, 3.8) is 0 Å². The lowest BCUT2D eigenvalue weighted by Gasteiger charge is -2.37. The molecule has 1 aliphatic heterocycles. The highest BCUT2D eigenvalue weighted by Crippen LogP contribution is 2.27. The van der Waals surface area contributed by atoms with Crippen molar-refractivity contribution in [2.45, 2.75) is 25.7 Å². The van der Waals surface area contributed by atoms with Crippen molar-refractivity contribution in [3.8, 4) is 6.07 Å². The first-order chi connectivity index (χ1) is 13.2. The number of nitriles is 1. The molecule has 0 amide bonds. The van der Waals surface area contributed by atoms with Gasteiger partial charge in [0.2, 0.25) is 5.95 Å². The minimum Gasteiger partial charge on any atom is -0.353 e. The summed E-state index contributed by atoms with van der Waals surface area (Å²) in [5.41, 5.74) is 3.16. The lowest BCUT2D eigenvalue weighted by molar-refractivity contribution is 0.630. The van der Waals surface area contributed by atoms with Crippen LogP contribution in [0.3, 0.4) is 0 Å². The number of piperazine rings is 1. The molecule has 1 fully saturated rings. The van der Waals surface area contributed by atoms with Gasteiger partial charge in [-0.25, -0.2) is 9.97 Å². The fraction of sp³-hybridized carbons (Fsp3) is 0.500. The molecule has 0 aromatic carbocycles. The summed E-state index contributed by atoms with van der Waals surface area (Å²) in [6.07, 6.45) is 6.28. The van der Waals surface area contributed by atoms with E-state index < -0.39 is 0 Å². The highest BCUT2D eigenvalue weighted by atomic mass is 15.3. The van der Waals surface area contributed by atoms with E-state index >= 15 is 0 Å². The number of anilines is 3. The van der Waals surface area contributed by atoms with Crippen LogP contribution in [0.4, 0.5) is 17.6 Å². The topological polar surface area (TPSA) is 72.2 Å². The van der Waals surface area contributed by atoms with E-state index in [9.17, 15) is 5.26 Å². The molecule has 3 heterocycles. The molecule has 2 aliphatic rings. The minimum atomic E-state index is 0.709. The van der Waals surface area contributed by atoms with E-state index in [0.717, 1.165) is 56.6 Å². The monoisotopic (exact) mass is 363 g/mol. The van der Waals surface area contributed by atoms with Crippen LogP contribution < -0.4 is 14.7 Å². The van der Waals surface area contributed by atoms with Gasteiger partial charge < -0.3 is 14.7 Å². The SMILES string of the molecule is CN(C)c1nccc(N2CCN(c3nc4c(cc3C#N)CCCC4)CC2)n1. The maximum atomic E-state index is 9.61. The summed E-state index contributed by atoms with van der Waals surface area (Å²) in [6.45, 7) is 3.38. The zero-order chi connectivity index (χ0) is 18.8. The fourth-order valence-corrected chi connectivity index (χ4v) is 3.82. The molecule has 0 atom stereocenters. The van der Waals surface area contributed by atoms with E-state index in [1.807, 2.05) is 31.3 Å². The molecule has 0 radical (unpaired) electrons. The zero-order valence-electron chi connectivity index (χ0n) is 16.0. The van der Waals surface area contributed by atoms with Crippen molar-refractivity contribution in [1.29, 1.82) is 5.26 Å². The van der Waals surface area contributed by atoms with E-state index in [4.69, 9.17) is 4.98 Å². The van der Waals surface area contributed by atoms with Gasteiger partial charge in [0.15, 0.2) is 0 Å². The molecule has 1 saturated heterocycles. The zero-order valence-corrected chi connectivity index (χ0v) is 16.0. The van der Waals surface area contributed by atoms with Gasteiger partial charge in [-0.15, -0.1) is 0 Å². The first-order valence-corrected chi connectivity index (χ1v) is 9.59. The Balaban J connectivity index is 1.51. The van der Waals surface area contributed by atoms with Crippen molar-refractivity contribution in [3.05, 3.63) is 35.2 Å². The Hall–Kier alpha value is -2.88. The number of nitrogens with zero attached hydrogens (tertiary/aromatic N) is 7. The van der Waals surface area contributed by atoms with Crippen LogP contribution in [0, 0.1) is 11.3 Å². The number of hydrogen-bond acceptors (Lipinski definition) is 7. The largest absolute Gasteiger partial charge is 0.353 e. The Morgan fingerprint density at radius 3 is 2.52 bits per heavy atom. The summed E-state index contributed by atoms with van der Waals surface area (Å²) in [6, 6.07) is 6.39. The maximum Gasteiger partial charge on any atom is 0.226 e. The summed E-state index contributed by atoms with van der Waals surface area (Å²) < 4.78 is 0. The summed E-state index contributed by atoms with van der Waals surface area (Å²) in [7, 11) is 3.89. The first kappa shape index (κ1) is 17.5. The Morgan fingerprint density at radius 2 is 1.78 bits per heavy atom. The molecule has 7 nitrogen and oxygen atoms in total. The maximum absolute atomic E-state index is 9.61. The average molecular weight is 363 g/mol. The number of fused-ring (bicyclic) bond motifs is 1. The van der Waals surface area contributed by atoms with Crippen LogP contribution in [0.25, 0.3) is 0 Å². The number of aromatic nitrogens is 3. The van der Waals surface area contributed by atoms with Crippen LogP contribution in [0.2, 0.25) is 0 Å². The predicted molar refractivity (Wildman–Crippen MR) is 106 cm³/mol. The Morgan fingerprint density at radius 1 is 1.04 bits per heavy atom. The molecular weight excluding hydrogens is 338 g/mol.